The maximum atomic E-state index is 14.6. The second-order valence-electron chi connectivity index (χ2n) is 11.4. The lowest BCUT2D eigenvalue weighted by atomic mass is 9.97. The molecular weight excluding hydrogens is 631 g/mol. The number of anilines is 1. The summed E-state index contributed by atoms with van der Waals surface area (Å²) in [7, 11) is -2.20. The zero-order chi connectivity index (χ0) is 33.6. The molecule has 1 atom stereocenters. The molecule has 4 heterocycles. The van der Waals surface area contributed by atoms with Crippen LogP contribution in [-0.2, 0) is 30.1 Å². The highest BCUT2D eigenvalue weighted by Gasteiger charge is 2.31. The van der Waals surface area contributed by atoms with E-state index in [-0.39, 0.29) is 29.1 Å². The van der Waals surface area contributed by atoms with Gasteiger partial charge >= 0.3 is 0 Å². The van der Waals surface area contributed by atoms with Gasteiger partial charge in [0.05, 0.1) is 28.9 Å². The van der Waals surface area contributed by atoms with Crippen molar-refractivity contribution in [1.82, 2.24) is 39.0 Å². The lowest BCUT2D eigenvalue weighted by molar-refractivity contribution is 0.0941. The minimum Gasteiger partial charge on any atom is -0.344 e. The van der Waals surface area contributed by atoms with Crippen LogP contribution >= 0.6 is 0 Å². The number of nitrogens with one attached hydrogen (secondary N) is 3. The first kappa shape index (κ1) is 30.9. The number of para-hydroxylation sites is 1. The number of aryl methyl sites for hydroxylation is 3. The van der Waals surface area contributed by atoms with Crippen LogP contribution in [0.25, 0.3) is 22.1 Å². The molecule has 7 rings (SSSR count). The van der Waals surface area contributed by atoms with E-state index in [1.54, 1.807) is 41.6 Å². The van der Waals surface area contributed by atoms with Gasteiger partial charge in [-0.3, -0.25) is 23.6 Å². The Morgan fingerprint density at radius 3 is 2.62 bits per heavy atom. The predicted molar refractivity (Wildman–Crippen MR) is 181 cm³/mol. The zero-order valence-corrected chi connectivity index (χ0v) is 27.2. The van der Waals surface area contributed by atoms with E-state index in [2.05, 4.69) is 41.8 Å². The second kappa shape index (κ2) is 12.1. The number of fused-ring (bicyclic) bond motifs is 1. The first-order valence-electron chi connectivity index (χ1n) is 15.4. The summed E-state index contributed by atoms with van der Waals surface area (Å²) in [6.07, 6.45) is 7.93. The monoisotopic (exact) mass is 661 g/mol. The lowest BCUT2D eigenvalue weighted by Crippen LogP contribution is -2.34. The van der Waals surface area contributed by atoms with Crippen molar-refractivity contribution in [3.63, 3.8) is 0 Å². The van der Waals surface area contributed by atoms with Crippen molar-refractivity contribution in [1.29, 1.82) is 0 Å². The predicted octanol–water partition coefficient (Wildman–Crippen LogP) is 3.02. The quantitative estimate of drug-likeness (QED) is 0.212. The molecule has 6 aromatic rings. The summed E-state index contributed by atoms with van der Waals surface area (Å²) < 4.78 is 34.6. The van der Waals surface area contributed by atoms with Gasteiger partial charge in [-0.15, -0.1) is 5.10 Å². The second-order valence-corrected chi connectivity index (χ2v) is 12.9. The van der Waals surface area contributed by atoms with Gasteiger partial charge in [0.15, 0.2) is 11.5 Å². The van der Waals surface area contributed by atoms with Crippen molar-refractivity contribution in [2.45, 2.75) is 32.7 Å². The number of nitrogens with zero attached hydrogens (tertiary/aromatic N) is 6. The molecule has 3 N–H and O–H groups in total. The molecule has 2 aromatic carbocycles. The van der Waals surface area contributed by atoms with Crippen LogP contribution in [0.5, 0.6) is 0 Å². The van der Waals surface area contributed by atoms with E-state index in [1.165, 1.54) is 10.7 Å². The van der Waals surface area contributed by atoms with E-state index in [9.17, 15) is 18.0 Å². The average molecular weight is 662 g/mol. The summed E-state index contributed by atoms with van der Waals surface area (Å²) in [5, 5.41) is 12.9. The van der Waals surface area contributed by atoms with Gasteiger partial charge < -0.3 is 5.32 Å². The Kier molecular flexibility index (Phi) is 7.78. The number of amides is 1. The van der Waals surface area contributed by atoms with Crippen LogP contribution in [0.2, 0.25) is 0 Å². The first-order chi connectivity index (χ1) is 23.1. The van der Waals surface area contributed by atoms with Gasteiger partial charge in [0.1, 0.15) is 5.56 Å². The Morgan fingerprint density at radius 2 is 1.88 bits per heavy atom. The van der Waals surface area contributed by atoms with E-state index in [0.717, 1.165) is 28.5 Å². The average Bonchev–Trinajstić information content (AvgIpc) is 3.78. The third-order valence-corrected chi connectivity index (χ3v) is 9.34. The summed E-state index contributed by atoms with van der Waals surface area (Å²) in [5.74, 6) is 5.55. The fraction of sp³-hybridized carbons (Fsp3) is 0.206. The van der Waals surface area contributed by atoms with Crippen molar-refractivity contribution in [2.75, 3.05) is 11.3 Å². The van der Waals surface area contributed by atoms with E-state index in [4.69, 9.17) is 0 Å². The summed E-state index contributed by atoms with van der Waals surface area (Å²) in [6.45, 7) is 3.58. The first-order valence-corrected chi connectivity index (χ1v) is 16.8. The third-order valence-electron chi connectivity index (χ3n) is 8.21. The summed E-state index contributed by atoms with van der Waals surface area (Å²) in [5.41, 5.74) is 4.43. The molecule has 0 bridgehead atoms. The van der Waals surface area contributed by atoms with Gasteiger partial charge in [-0.1, -0.05) is 43.0 Å². The molecule has 1 aliphatic carbocycles. The van der Waals surface area contributed by atoms with Crippen LogP contribution in [0.4, 0.5) is 5.82 Å². The summed E-state index contributed by atoms with van der Waals surface area (Å²) in [6, 6.07) is 14.1. The topological polar surface area (TPSA) is 157 Å². The van der Waals surface area contributed by atoms with E-state index >= 15 is 0 Å². The highest BCUT2D eigenvalue weighted by molar-refractivity contribution is 7.90. The van der Waals surface area contributed by atoms with Gasteiger partial charge in [0.25, 0.3) is 21.7 Å². The third kappa shape index (κ3) is 5.48. The Labute approximate surface area is 275 Å². The molecule has 0 fully saturated rings. The Balaban J connectivity index is 1.38. The largest absolute Gasteiger partial charge is 0.344 e. The van der Waals surface area contributed by atoms with E-state index in [1.807, 2.05) is 55.7 Å². The maximum absolute atomic E-state index is 14.6. The molecule has 1 amide bonds. The zero-order valence-electron chi connectivity index (χ0n) is 26.4. The van der Waals surface area contributed by atoms with Gasteiger partial charge in [-0.25, -0.2) is 9.50 Å². The molecule has 0 radical (unpaired) electrons. The normalized spacial score (nSPS) is 13.0. The molecule has 4 aromatic heterocycles. The van der Waals surface area contributed by atoms with E-state index in [0.29, 0.717) is 28.8 Å². The van der Waals surface area contributed by atoms with E-state index < -0.39 is 22.2 Å². The highest BCUT2D eigenvalue weighted by atomic mass is 32.2. The molecule has 0 spiro atoms. The number of aromatic nitrogens is 6. The van der Waals surface area contributed by atoms with Crippen LogP contribution in [0.3, 0.4) is 0 Å². The molecule has 1 aliphatic rings. The number of carbonyl (C=O) groups excluding carboxylic acids is 1. The smallest absolute Gasteiger partial charge is 0.300 e. The molecule has 0 saturated heterocycles. The molecule has 14 heteroatoms. The van der Waals surface area contributed by atoms with Crippen LogP contribution in [0.15, 0.2) is 78.1 Å². The van der Waals surface area contributed by atoms with Gasteiger partial charge in [0.2, 0.25) is 0 Å². The molecule has 0 unspecified atom stereocenters. The minimum absolute atomic E-state index is 0.0524. The van der Waals surface area contributed by atoms with Crippen LogP contribution in [0.1, 0.15) is 58.2 Å². The molecule has 0 saturated carbocycles. The highest BCUT2D eigenvalue weighted by Crippen LogP contribution is 2.36. The summed E-state index contributed by atoms with van der Waals surface area (Å²) >= 11 is 0. The number of rotatable bonds is 8. The minimum atomic E-state index is -4.02. The van der Waals surface area contributed by atoms with Gasteiger partial charge in [0, 0.05) is 43.4 Å². The standard InChI is InChI=1S/C34H31N9O4S/c1-4-37-48(46,47)40-31-29(32-35-17-8-18-42(32)39-31)33(44)38-21(2)30-26-16-15-23-13-14-24(12-11-22-19-36-41(3)20-22)28(27(23)26)34(45)43(30)25-9-6-5-7-10-25/h5-10,13-14,17-21,37H,4,15-16H2,1-3H3,(H,38,44)(H,39,40)/t21-/m0/s1. The maximum Gasteiger partial charge on any atom is 0.300 e. The molecule has 242 valence electrons. The van der Waals surface area contributed by atoms with Crippen LogP contribution in [-0.4, -0.2) is 49.8 Å². The van der Waals surface area contributed by atoms with Crippen molar-refractivity contribution >= 4 is 38.4 Å². The number of pyridine rings is 1. The fourth-order valence-electron chi connectivity index (χ4n) is 6.29. The molecule has 13 nitrogen and oxygen atoms in total. The lowest BCUT2D eigenvalue weighted by Gasteiger charge is -2.24. The van der Waals surface area contributed by atoms with Crippen molar-refractivity contribution in [3.8, 4) is 17.5 Å². The number of hydrogen-bond acceptors (Lipinski definition) is 7. The van der Waals surface area contributed by atoms with Crippen LogP contribution < -0.4 is 20.3 Å². The van der Waals surface area contributed by atoms with Crippen molar-refractivity contribution in [3.05, 3.63) is 117 Å². The Bertz CT molecular complexity index is 2470. The number of hydrogen-bond donors (Lipinski definition) is 3. The SMILES string of the molecule is CCNS(=O)(=O)Nc1nn2cccnc2c1C(=O)N[C@@H](C)c1c2c3c(ccc(C#Cc4cnn(C)c4)c3c(=O)n1-c1ccccc1)CC2. The fourth-order valence-corrected chi connectivity index (χ4v) is 7.14. The van der Waals surface area contributed by atoms with Gasteiger partial charge in [-0.05, 0) is 60.5 Å². The molecule has 0 aliphatic heterocycles. The Hall–Kier alpha value is -5.78. The Morgan fingerprint density at radius 1 is 1.06 bits per heavy atom. The summed E-state index contributed by atoms with van der Waals surface area (Å²) in [4.78, 5) is 33.0. The van der Waals surface area contributed by atoms with Crippen molar-refractivity contribution in [2.24, 2.45) is 7.05 Å². The molecule has 48 heavy (non-hydrogen) atoms. The molecular formula is C34H31N9O4S. The van der Waals surface area contributed by atoms with Gasteiger partial charge in [-0.2, -0.15) is 18.2 Å². The number of benzene rings is 2. The number of carbonyl (C=O) groups is 1. The van der Waals surface area contributed by atoms with Crippen molar-refractivity contribution < 1.29 is 13.2 Å². The van der Waals surface area contributed by atoms with Crippen LogP contribution in [0, 0.1) is 11.8 Å².